The first-order valence-corrected chi connectivity index (χ1v) is 7.17. The van der Waals surface area contributed by atoms with Gasteiger partial charge in [0.25, 0.3) is 0 Å². The van der Waals surface area contributed by atoms with E-state index in [0.29, 0.717) is 11.5 Å². The second-order valence-corrected chi connectivity index (χ2v) is 6.56. The molecule has 0 saturated carbocycles. The third kappa shape index (κ3) is 5.14. The molecule has 2 nitrogen and oxygen atoms in total. The summed E-state index contributed by atoms with van der Waals surface area (Å²) in [6.45, 7) is 12.3. The summed E-state index contributed by atoms with van der Waals surface area (Å²) in [4.78, 5) is 0. The summed E-state index contributed by atoms with van der Waals surface area (Å²) in [6, 6.07) is 11.2. The van der Waals surface area contributed by atoms with Crippen molar-refractivity contribution in [1.29, 1.82) is 0 Å². The zero-order chi connectivity index (χ0) is 16.2. The molecule has 2 N–H and O–H groups in total. The smallest absolute Gasteiger partial charge is 0.122 e. The van der Waals surface area contributed by atoms with Crippen LogP contribution in [-0.2, 0) is 5.41 Å². The molecule has 0 spiro atoms. The van der Waals surface area contributed by atoms with Crippen LogP contribution in [0.2, 0.25) is 0 Å². The van der Waals surface area contributed by atoms with Crippen LogP contribution in [0.3, 0.4) is 0 Å². The van der Waals surface area contributed by atoms with Crippen molar-refractivity contribution in [2.24, 2.45) is 0 Å². The Balaban J connectivity index is 0.000000235. The van der Waals surface area contributed by atoms with Gasteiger partial charge in [-0.05, 0) is 49.4 Å². The van der Waals surface area contributed by atoms with Crippen LogP contribution in [0.15, 0.2) is 36.4 Å². The Morgan fingerprint density at radius 3 is 1.71 bits per heavy atom. The van der Waals surface area contributed by atoms with Crippen LogP contribution in [0.1, 0.15) is 43.0 Å². The Kier molecular flexibility index (Phi) is 5.42. The van der Waals surface area contributed by atoms with Crippen LogP contribution in [0.4, 0.5) is 0 Å². The van der Waals surface area contributed by atoms with Gasteiger partial charge in [-0.1, -0.05) is 56.2 Å². The van der Waals surface area contributed by atoms with E-state index >= 15 is 0 Å². The predicted octanol–water partition coefficient (Wildman–Crippen LogP) is 5.01. The number of hydrogen-bond donors (Lipinski definition) is 2. The van der Waals surface area contributed by atoms with Crippen molar-refractivity contribution in [2.75, 3.05) is 0 Å². The van der Waals surface area contributed by atoms with Crippen molar-refractivity contribution in [3.63, 3.8) is 0 Å². The molecule has 0 amide bonds. The highest BCUT2D eigenvalue weighted by Crippen LogP contribution is 2.33. The first-order valence-electron chi connectivity index (χ1n) is 7.17. The number of hydrogen-bond acceptors (Lipinski definition) is 2. The molecule has 2 aromatic rings. The molecule has 2 aromatic carbocycles. The molecule has 0 aliphatic rings. The van der Waals surface area contributed by atoms with E-state index in [9.17, 15) is 5.11 Å². The van der Waals surface area contributed by atoms with E-state index in [1.165, 1.54) is 11.1 Å². The summed E-state index contributed by atoms with van der Waals surface area (Å²) in [5, 5.41) is 18.6. The average molecular weight is 286 g/mol. The zero-order valence-electron chi connectivity index (χ0n) is 13.9. The first kappa shape index (κ1) is 17.1. The van der Waals surface area contributed by atoms with E-state index in [2.05, 4.69) is 33.8 Å². The molecule has 0 aromatic heterocycles. The van der Waals surface area contributed by atoms with Gasteiger partial charge >= 0.3 is 0 Å². The van der Waals surface area contributed by atoms with Crippen LogP contribution in [0, 0.1) is 20.8 Å². The molecular weight excluding hydrogens is 260 g/mol. The van der Waals surface area contributed by atoms with E-state index in [-0.39, 0.29) is 5.41 Å². The minimum atomic E-state index is 0.0147. The molecular formula is C19H26O2. The van der Waals surface area contributed by atoms with E-state index < -0.39 is 0 Å². The Morgan fingerprint density at radius 2 is 1.29 bits per heavy atom. The zero-order valence-corrected chi connectivity index (χ0v) is 13.9. The van der Waals surface area contributed by atoms with Gasteiger partial charge in [0, 0.05) is 0 Å². The largest absolute Gasteiger partial charge is 0.508 e. The summed E-state index contributed by atoms with van der Waals surface area (Å²) in [5.41, 5.74) is 4.39. The fraction of sp³-hybridized carbons (Fsp3) is 0.368. The molecule has 2 rings (SSSR count). The summed E-state index contributed by atoms with van der Waals surface area (Å²) < 4.78 is 0. The number of aromatic hydroxyl groups is 2. The molecule has 0 atom stereocenters. The van der Waals surface area contributed by atoms with Gasteiger partial charge in [0.15, 0.2) is 0 Å². The molecule has 0 fully saturated rings. The lowest BCUT2D eigenvalue weighted by Gasteiger charge is -2.22. The van der Waals surface area contributed by atoms with Gasteiger partial charge in [-0.25, -0.2) is 0 Å². The highest BCUT2D eigenvalue weighted by molar-refractivity contribution is 5.45. The van der Waals surface area contributed by atoms with Crippen molar-refractivity contribution >= 4 is 0 Å². The van der Waals surface area contributed by atoms with Crippen LogP contribution in [0.25, 0.3) is 0 Å². The minimum Gasteiger partial charge on any atom is -0.508 e. The maximum Gasteiger partial charge on any atom is 0.122 e. The lowest BCUT2D eigenvalue weighted by Crippen LogP contribution is -2.12. The monoisotopic (exact) mass is 286 g/mol. The normalized spacial score (nSPS) is 10.8. The molecule has 21 heavy (non-hydrogen) atoms. The maximum absolute atomic E-state index is 9.86. The van der Waals surface area contributed by atoms with Gasteiger partial charge in [-0.3, -0.25) is 0 Å². The van der Waals surface area contributed by atoms with Crippen molar-refractivity contribution in [3.8, 4) is 11.5 Å². The second kappa shape index (κ2) is 6.66. The molecule has 0 saturated heterocycles. The number of phenols is 2. The van der Waals surface area contributed by atoms with E-state index in [4.69, 9.17) is 5.11 Å². The number of rotatable bonds is 0. The maximum atomic E-state index is 9.86. The fourth-order valence-corrected chi connectivity index (χ4v) is 2.08. The van der Waals surface area contributed by atoms with Gasteiger partial charge in [0.2, 0.25) is 0 Å². The molecule has 0 bridgehead atoms. The fourth-order valence-electron chi connectivity index (χ4n) is 2.08. The van der Waals surface area contributed by atoms with Crippen LogP contribution in [-0.4, -0.2) is 10.2 Å². The van der Waals surface area contributed by atoms with E-state index in [1.54, 1.807) is 12.1 Å². The summed E-state index contributed by atoms with van der Waals surface area (Å²) >= 11 is 0. The van der Waals surface area contributed by atoms with Crippen molar-refractivity contribution < 1.29 is 10.2 Å². The molecule has 114 valence electrons. The van der Waals surface area contributed by atoms with Crippen molar-refractivity contribution in [1.82, 2.24) is 0 Å². The SMILES string of the molecule is Cc1cc(C)c(O)c(C(C)(C)C)c1.Cc1ccc(O)cc1. The van der Waals surface area contributed by atoms with Crippen molar-refractivity contribution in [2.45, 2.75) is 47.0 Å². The van der Waals surface area contributed by atoms with Crippen LogP contribution >= 0.6 is 0 Å². The number of benzene rings is 2. The Hall–Kier alpha value is -1.96. The molecule has 0 heterocycles. The molecule has 2 heteroatoms. The van der Waals surface area contributed by atoms with Gasteiger partial charge in [0.05, 0.1) is 0 Å². The lowest BCUT2D eigenvalue weighted by molar-refractivity contribution is 0.442. The average Bonchev–Trinajstić information content (AvgIpc) is 2.37. The second-order valence-electron chi connectivity index (χ2n) is 6.56. The predicted molar refractivity (Wildman–Crippen MR) is 89.1 cm³/mol. The molecule has 0 radical (unpaired) electrons. The third-order valence-corrected chi connectivity index (χ3v) is 3.29. The first-order chi connectivity index (χ1) is 9.61. The lowest BCUT2D eigenvalue weighted by atomic mass is 9.84. The van der Waals surface area contributed by atoms with E-state index in [0.717, 1.165) is 11.1 Å². The van der Waals surface area contributed by atoms with Crippen LogP contribution in [0.5, 0.6) is 11.5 Å². The van der Waals surface area contributed by atoms with Gasteiger partial charge in [-0.15, -0.1) is 0 Å². The number of phenolic OH excluding ortho intramolecular Hbond substituents is 2. The Morgan fingerprint density at radius 1 is 0.762 bits per heavy atom. The highest BCUT2D eigenvalue weighted by atomic mass is 16.3. The summed E-state index contributed by atoms with van der Waals surface area (Å²) in [5.74, 6) is 0.772. The third-order valence-electron chi connectivity index (χ3n) is 3.29. The topological polar surface area (TPSA) is 40.5 Å². The standard InChI is InChI=1S/C12H18O.C7H8O/c1-8-6-9(2)11(13)10(7-8)12(3,4)5;1-6-2-4-7(8)5-3-6/h6-7,13H,1-5H3;2-5,8H,1H3. The molecule has 0 unspecified atom stereocenters. The minimum absolute atomic E-state index is 0.0147. The number of aryl methyl sites for hydroxylation is 3. The van der Waals surface area contributed by atoms with Crippen LogP contribution < -0.4 is 0 Å². The molecule has 0 aliphatic carbocycles. The van der Waals surface area contributed by atoms with Gasteiger partial charge in [0.1, 0.15) is 11.5 Å². The Labute approximate surface area is 128 Å². The summed E-state index contributed by atoms with van der Waals surface area (Å²) in [6.07, 6.45) is 0. The van der Waals surface area contributed by atoms with Gasteiger partial charge < -0.3 is 10.2 Å². The highest BCUT2D eigenvalue weighted by Gasteiger charge is 2.19. The van der Waals surface area contributed by atoms with E-state index in [1.807, 2.05) is 32.0 Å². The van der Waals surface area contributed by atoms with Crippen molar-refractivity contribution in [3.05, 3.63) is 58.7 Å². The quantitative estimate of drug-likeness (QED) is 0.715. The Bertz CT molecular complexity index is 569. The molecule has 0 aliphatic heterocycles. The summed E-state index contributed by atoms with van der Waals surface area (Å²) in [7, 11) is 0. The van der Waals surface area contributed by atoms with Gasteiger partial charge in [-0.2, -0.15) is 0 Å².